The minimum absolute atomic E-state index is 0.287. The summed E-state index contributed by atoms with van der Waals surface area (Å²) in [4.78, 5) is 9.33. The molecule has 1 fully saturated rings. The van der Waals surface area contributed by atoms with Gasteiger partial charge in [0.2, 0.25) is 0 Å². The van der Waals surface area contributed by atoms with Gasteiger partial charge in [0.25, 0.3) is 0 Å². The van der Waals surface area contributed by atoms with Crippen LogP contribution in [0, 0.1) is 5.82 Å². The molecular formula is C24H21FN4OS. The fourth-order valence-electron chi connectivity index (χ4n) is 3.80. The van der Waals surface area contributed by atoms with Crippen molar-refractivity contribution >= 4 is 34.5 Å². The molecule has 3 aromatic rings. The van der Waals surface area contributed by atoms with Crippen molar-refractivity contribution in [3.63, 3.8) is 0 Å². The van der Waals surface area contributed by atoms with E-state index in [4.69, 9.17) is 21.9 Å². The number of halogens is 1. The first-order valence-electron chi connectivity index (χ1n) is 10.2. The number of thiocarbonyl (C=S) groups is 1. The second-order valence-corrected chi connectivity index (χ2v) is 7.80. The number of hydrogen-bond acceptors (Lipinski definition) is 4. The van der Waals surface area contributed by atoms with E-state index in [1.54, 1.807) is 12.1 Å². The second-order valence-electron chi connectivity index (χ2n) is 7.42. The summed E-state index contributed by atoms with van der Waals surface area (Å²) in [5.41, 5.74) is 2.45. The number of benzene rings is 3. The number of piperazine rings is 1. The average Bonchev–Trinajstić information content (AvgIpc) is 2.96. The molecule has 0 radical (unpaired) electrons. The number of ether oxygens (including phenoxy) is 1. The Balaban J connectivity index is 1.34. The van der Waals surface area contributed by atoms with Gasteiger partial charge in [0.15, 0.2) is 10.9 Å². The lowest BCUT2D eigenvalue weighted by molar-refractivity contribution is 0.261. The summed E-state index contributed by atoms with van der Waals surface area (Å²) in [6, 6.07) is 22.1. The lowest BCUT2D eigenvalue weighted by Crippen LogP contribution is -2.51. The van der Waals surface area contributed by atoms with Crippen LogP contribution in [-0.4, -0.2) is 46.9 Å². The molecule has 7 heteroatoms. The normalized spacial score (nSPS) is 15.2. The van der Waals surface area contributed by atoms with Crippen LogP contribution >= 0.6 is 12.2 Å². The molecule has 1 N–H and O–H groups in total. The molecule has 0 amide bonds. The van der Waals surface area contributed by atoms with Gasteiger partial charge in [0.1, 0.15) is 23.1 Å². The van der Waals surface area contributed by atoms with E-state index >= 15 is 0 Å². The molecule has 31 heavy (non-hydrogen) atoms. The molecule has 0 bridgehead atoms. The van der Waals surface area contributed by atoms with Gasteiger partial charge in [-0.3, -0.25) is 0 Å². The summed E-state index contributed by atoms with van der Waals surface area (Å²) < 4.78 is 19.6. The topological polar surface area (TPSA) is 40.1 Å². The summed E-state index contributed by atoms with van der Waals surface area (Å²) in [6.07, 6.45) is 0. The van der Waals surface area contributed by atoms with Crippen molar-refractivity contribution in [2.45, 2.75) is 0 Å². The van der Waals surface area contributed by atoms with Crippen LogP contribution in [0.4, 0.5) is 15.8 Å². The maximum absolute atomic E-state index is 13.4. The summed E-state index contributed by atoms with van der Waals surface area (Å²) in [5, 5.41) is 3.73. The van der Waals surface area contributed by atoms with Gasteiger partial charge in [0.05, 0.1) is 5.56 Å². The Morgan fingerprint density at radius 2 is 1.65 bits per heavy atom. The Kier molecular flexibility index (Phi) is 5.26. The number of nitrogens with zero attached hydrogens (tertiary/aromatic N) is 3. The van der Waals surface area contributed by atoms with E-state index in [2.05, 4.69) is 15.1 Å². The average molecular weight is 433 g/mol. The molecule has 0 aromatic heterocycles. The number of fused-ring (bicyclic) bond motifs is 2. The van der Waals surface area contributed by atoms with E-state index in [0.717, 1.165) is 54.8 Å². The third-order valence-electron chi connectivity index (χ3n) is 5.38. The first kappa shape index (κ1) is 19.5. The van der Waals surface area contributed by atoms with Crippen LogP contribution in [0.1, 0.15) is 5.56 Å². The molecule has 2 aliphatic rings. The largest absolute Gasteiger partial charge is 0.454 e. The second kappa shape index (κ2) is 8.35. The van der Waals surface area contributed by atoms with Crippen molar-refractivity contribution < 1.29 is 9.13 Å². The van der Waals surface area contributed by atoms with Gasteiger partial charge >= 0.3 is 0 Å². The summed E-state index contributed by atoms with van der Waals surface area (Å²) >= 11 is 5.55. The number of anilines is 1. The predicted octanol–water partition coefficient (Wildman–Crippen LogP) is 5.02. The van der Waals surface area contributed by atoms with Crippen LogP contribution in [-0.2, 0) is 0 Å². The molecule has 0 atom stereocenters. The van der Waals surface area contributed by atoms with E-state index in [0.29, 0.717) is 10.8 Å². The van der Waals surface area contributed by atoms with Gasteiger partial charge in [-0.2, -0.15) is 0 Å². The molecule has 1 saturated heterocycles. The van der Waals surface area contributed by atoms with Gasteiger partial charge in [-0.25, -0.2) is 9.38 Å². The minimum Gasteiger partial charge on any atom is -0.454 e. The first-order chi connectivity index (χ1) is 15.2. The van der Waals surface area contributed by atoms with Crippen LogP contribution in [0.2, 0.25) is 0 Å². The van der Waals surface area contributed by atoms with Crippen molar-refractivity contribution in [1.82, 2.24) is 9.80 Å². The van der Waals surface area contributed by atoms with Crippen molar-refractivity contribution in [3.05, 3.63) is 84.2 Å². The van der Waals surface area contributed by atoms with E-state index < -0.39 is 0 Å². The number of aliphatic imine (C=N–C) groups is 1. The molecule has 0 aliphatic carbocycles. The van der Waals surface area contributed by atoms with Crippen molar-refractivity contribution in [3.8, 4) is 11.5 Å². The van der Waals surface area contributed by atoms with E-state index in [1.807, 2.05) is 48.5 Å². The highest BCUT2D eigenvalue weighted by Crippen LogP contribution is 2.37. The molecule has 156 valence electrons. The number of hydrogen-bond donors (Lipinski definition) is 1. The molecule has 0 spiro atoms. The lowest BCUT2D eigenvalue weighted by Gasteiger charge is -2.37. The summed E-state index contributed by atoms with van der Waals surface area (Å²) in [6.45, 7) is 3.01. The number of amidine groups is 1. The molecule has 3 aromatic carbocycles. The van der Waals surface area contributed by atoms with Crippen LogP contribution in [0.3, 0.4) is 0 Å². The molecular weight excluding hydrogens is 411 g/mol. The standard InChI is InChI=1S/C24H21FN4OS/c25-17-6-5-7-18(16-17)26-24(31)29-14-12-28(13-15-29)23-19-8-1-3-10-21(19)30-22-11-4-2-9-20(22)27-23/h1-11,16H,12-15H2,(H,26,31). The zero-order valence-corrected chi connectivity index (χ0v) is 17.6. The SMILES string of the molecule is Fc1cccc(NC(=S)N2CCN(C3=Nc4ccccc4Oc4ccccc43)CC2)c1. The first-order valence-corrected chi connectivity index (χ1v) is 10.6. The van der Waals surface area contributed by atoms with Crippen molar-refractivity contribution in [2.75, 3.05) is 31.5 Å². The summed E-state index contributed by atoms with van der Waals surface area (Å²) in [5.74, 6) is 2.18. The van der Waals surface area contributed by atoms with Crippen LogP contribution in [0.15, 0.2) is 77.8 Å². The molecule has 2 heterocycles. The highest BCUT2D eigenvalue weighted by Gasteiger charge is 2.26. The predicted molar refractivity (Wildman–Crippen MR) is 125 cm³/mol. The van der Waals surface area contributed by atoms with Crippen LogP contribution in [0.25, 0.3) is 0 Å². The van der Waals surface area contributed by atoms with Crippen molar-refractivity contribution in [1.29, 1.82) is 0 Å². The maximum atomic E-state index is 13.4. The highest BCUT2D eigenvalue weighted by molar-refractivity contribution is 7.80. The zero-order chi connectivity index (χ0) is 21.2. The Morgan fingerprint density at radius 3 is 2.45 bits per heavy atom. The quantitative estimate of drug-likeness (QED) is 0.547. The van der Waals surface area contributed by atoms with Crippen molar-refractivity contribution in [2.24, 2.45) is 4.99 Å². The fraction of sp³-hybridized carbons (Fsp3) is 0.167. The van der Waals surface area contributed by atoms with E-state index in [9.17, 15) is 4.39 Å². The van der Waals surface area contributed by atoms with Gasteiger partial charge < -0.3 is 19.9 Å². The Bertz CT molecular complexity index is 1160. The molecule has 2 aliphatic heterocycles. The van der Waals surface area contributed by atoms with E-state index in [1.165, 1.54) is 12.1 Å². The molecule has 5 rings (SSSR count). The number of nitrogens with one attached hydrogen (secondary N) is 1. The smallest absolute Gasteiger partial charge is 0.173 e. The van der Waals surface area contributed by atoms with Gasteiger partial charge in [-0.1, -0.05) is 30.3 Å². The van der Waals surface area contributed by atoms with Gasteiger partial charge in [-0.05, 0) is 54.7 Å². The minimum atomic E-state index is -0.287. The van der Waals surface area contributed by atoms with Crippen LogP contribution in [0.5, 0.6) is 11.5 Å². The number of rotatable bonds is 1. The van der Waals surface area contributed by atoms with Gasteiger partial charge in [0, 0.05) is 31.9 Å². The highest BCUT2D eigenvalue weighted by atomic mass is 32.1. The number of para-hydroxylation sites is 3. The van der Waals surface area contributed by atoms with E-state index in [-0.39, 0.29) is 5.82 Å². The molecule has 0 saturated carbocycles. The fourth-order valence-corrected chi connectivity index (χ4v) is 4.10. The molecule has 0 unspecified atom stereocenters. The monoisotopic (exact) mass is 432 g/mol. The Labute approximate surface area is 185 Å². The third-order valence-corrected chi connectivity index (χ3v) is 5.74. The molecule has 5 nitrogen and oxygen atoms in total. The Hall–Kier alpha value is -3.45. The maximum Gasteiger partial charge on any atom is 0.173 e. The lowest BCUT2D eigenvalue weighted by atomic mass is 10.1. The zero-order valence-electron chi connectivity index (χ0n) is 16.8. The third kappa shape index (κ3) is 4.09. The van der Waals surface area contributed by atoms with Crippen LogP contribution < -0.4 is 10.1 Å². The summed E-state index contributed by atoms with van der Waals surface area (Å²) in [7, 11) is 0. The van der Waals surface area contributed by atoms with Gasteiger partial charge in [-0.15, -0.1) is 0 Å². The Morgan fingerprint density at radius 1 is 0.903 bits per heavy atom.